The van der Waals surface area contributed by atoms with Gasteiger partial charge in [0.15, 0.2) is 11.6 Å². The molecule has 7 heteroatoms. The molecule has 4 rings (SSSR count). The highest BCUT2D eigenvalue weighted by molar-refractivity contribution is 9.10. The van der Waals surface area contributed by atoms with Gasteiger partial charge in [0.2, 0.25) is 5.90 Å². The molecule has 2 heterocycles. The Balaban J connectivity index is 1.69. The van der Waals surface area contributed by atoms with Crippen LogP contribution in [0.1, 0.15) is 42.9 Å². The van der Waals surface area contributed by atoms with Crippen molar-refractivity contribution in [1.82, 2.24) is 4.90 Å². The summed E-state index contributed by atoms with van der Waals surface area (Å²) in [5.74, 6) is 1.15. The standard InChI is InChI=1S/C26H29BrN2O4/c1-2-14-26(25(31)29-15-3-4-16-29)23(19-6-10-21(27)11-7-19)33-24(28-26)20-8-12-22(13-9-20)32-18-5-17-30/h2,6-13,23,30H,1,3-5,14-18H2/t23-,26-/m1/s1. The van der Waals surface area contributed by atoms with Gasteiger partial charge in [0.05, 0.1) is 6.61 Å². The van der Waals surface area contributed by atoms with Crippen molar-refractivity contribution in [2.45, 2.75) is 37.3 Å². The molecule has 2 aromatic carbocycles. The van der Waals surface area contributed by atoms with E-state index in [0.717, 1.165) is 41.5 Å². The number of rotatable bonds is 9. The molecular weight excluding hydrogens is 484 g/mol. The molecule has 0 radical (unpaired) electrons. The zero-order valence-electron chi connectivity index (χ0n) is 18.6. The van der Waals surface area contributed by atoms with Crippen LogP contribution in [-0.2, 0) is 9.53 Å². The molecule has 0 unspecified atom stereocenters. The molecule has 0 saturated carbocycles. The molecular formula is C26H29BrN2O4. The Hall–Kier alpha value is -2.64. The summed E-state index contributed by atoms with van der Waals surface area (Å²) in [5, 5.41) is 8.93. The van der Waals surface area contributed by atoms with Crippen LogP contribution in [0.3, 0.4) is 0 Å². The van der Waals surface area contributed by atoms with Gasteiger partial charge < -0.3 is 19.5 Å². The highest BCUT2D eigenvalue weighted by Gasteiger charge is 2.54. The molecule has 6 nitrogen and oxygen atoms in total. The largest absolute Gasteiger partial charge is 0.494 e. The van der Waals surface area contributed by atoms with E-state index in [1.54, 1.807) is 6.08 Å². The van der Waals surface area contributed by atoms with Gasteiger partial charge in [0, 0.05) is 42.6 Å². The molecule has 1 saturated heterocycles. The van der Waals surface area contributed by atoms with E-state index < -0.39 is 11.6 Å². The maximum absolute atomic E-state index is 13.8. The molecule has 1 amide bonds. The number of hydrogen-bond donors (Lipinski definition) is 1. The van der Waals surface area contributed by atoms with E-state index in [1.807, 2.05) is 53.4 Å². The first-order chi connectivity index (χ1) is 16.1. The lowest BCUT2D eigenvalue weighted by atomic mass is 9.84. The maximum Gasteiger partial charge on any atom is 0.255 e. The number of carbonyl (C=O) groups is 1. The lowest BCUT2D eigenvalue weighted by molar-refractivity contribution is -0.138. The molecule has 1 fully saturated rings. The molecule has 0 bridgehead atoms. The second kappa shape index (κ2) is 10.5. The van der Waals surface area contributed by atoms with Gasteiger partial charge in [-0.1, -0.05) is 34.1 Å². The molecule has 33 heavy (non-hydrogen) atoms. The lowest BCUT2D eigenvalue weighted by Gasteiger charge is -2.33. The summed E-state index contributed by atoms with van der Waals surface area (Å²) in [6.45, 7) is 5.96. The minimum absolute atomic E-state index is 0.00762. The predicted octanol–water partition coefficient (Wildman–Crippen LogP) is 4.67. The Bertz CT molecular complexity index is 1000. The second-order valence-corrected chi connectivity index (χ2v) is 9.25. The third kappa shape index (κ3) is 4.99. The lowest BCUT2D eigenvalue weighted by Crippen LogP contribution is -2.49. The van der Waals surface area contributed by atoms with Crippen LogP contribution in [0.25, 0.3) is 0 Å². The Kier molecular flexibility index (Phi) is 7.50. The average Bonchev–Trinajstić information content (AvgIpc) is 3.49. The number of halogens is 1. The Morgan fingerprint density at radius 1 is 1.21 bits per heavy atom. The molecule has 2 aliphatic heterocycles. The van der Waals surface area contributed by atoms with Crippen LogP contribution >= 0.6 is 15.9 Å². The Labute approximate surface area is 203 Å². The second-order valence-electron chi connectivity index (χ2n) is 8.33. The van der Waals surface area contributed by atoms with Crippen molar-refractivity contribution in [2.24, 2.45) is 4.99 Å². The van der Waals surface area contributed by atoms with Gasteiger partial charge >= 0.3 is 0 Å². The summed E-state index contributed by atoms with van der Waals surface area (Å²) in [6.07, 6.45) is 4.19. The topological polar surface area (TPSA) is 71.4 Å². The molecule has 2 aromatic rings. The summed E-state index contributed by atoms with van der Waals surface area (Å²) in [6, 6.07) is 15.3. The number of aliphatic imine (C=N–C) groups is 1. The molecule has 0 aliphatic carbocycles. The smallest absolute Gasteiger partial charge is 0.255 e. The summed E-state index contributed by atoms with van der Waals surface area (Å²) in [5.41, 5.74) is 0.591. The first-order valence-electron chi connectivity index (χ1n) is 11.3. The number of nitrogens with zero attached hydrogens (tertiary/aromatic N) is 2. The monoisotopic (exact) mass is 512 g/mol. The zero-order valence-corrected chi connectivity index (χ0v) is 20.2. The number of benzene rings is 2. The Morgan fingerprint density at radius 3 is 2.55 bits per heavy atom. The van der Waals surface area contributed by atoms with Gasteiger partial charge in [0.1, 0.15) is 5.75 Å². The minimum Gasteiger partial charge on any atom is -0.494 e. The third-order valence-corrected chi connectivity index (χ3v) is 6.56. The number of hydrogen-bond acceptors (Lipinski definition) is 5. The predicted molar refractivity (Wildman–Crippen MR) is 132 cm³/mol. The molecule has 174 valence electrons. The van der Waals surface area contributed by atoms with Gasteiger partial charge in [-0.2, -0.15) is 0 Å². The average molecular weight is 513 g/mol. The van der Waals surface area contributed by atoms with E-state index >= 15 is 0 Å². The van der Waals surface area contributed by atoms with Crippen molar-refractivity contribution in [3.63, 3.8) is 0 Å². The molecule has 0 spiro atoms. The minimum atomic E-state index is -1.09. The van der Waals surface area contributed by atoms with Crippen molar-refractivity contribution >= 4 is 27.7 Å². The SMILES string of the molecule is C=CC[C@@]1(C(=O)N2CCCC2)N=C(c2ccc(OCCCO)cc2)O[C@@H]1c1ccc(Br)cc1. The fourth-order valence-corrected chi connectivity index (χ4v) is 4.62. The highest BCUT2D eigenvalue weighted by atomic mass is 79.9. The number of aliphatic hydroxyl groups is 1. The van der Waals surface area contributed by atoms with Crippen molar-refractivity contribution in [2.75, 3.05) is 26.3 Å². The van der Waals surface area contributed by atoms with Crippen LogP contribution in [0.5, 0.6) is 5.75 Å². The summed E-state index contributed by atoms with van der Waals surface area (Å²) < 4.78 is 13.0. The van der Waals surface area contributed by atoms with Crippen LogP contribution in [0, 0.1) is 0 Å². The van der Waals surface area contributed by atoms with Crippen LogP contribution in [0.4, 0.5) is 0 Å². The van der Waals surface area contributed by atoms with Gasteiger partial charge in [-0.05, 0) is 54.8 Å². The number of ether oxygens (including phenoxy) is 2. The number of aliphatic hydroxyl groups excluding tert-OH is 1. The van der Waals surface area contributed by atoms with Crippen LogP contribution in [-0.4, -0.2) is 53.7 Å². The number of likely N-dealkylation sites (tertiary alicyclic amines) is 1. The van der Waals surface area contributed by atoms with E-state index in [1.165, 1.54) is 0 Å². The first-order valence-corrected chi connectivity index (χ1v) is 12.1. The van der Waals surface area contributed by atoms with Crippen molar-refractivity contribution < 1.29 is 19.4 Å². The van der Waals surface area contributed by atoms with E-state index in [2.05, 4.69) is 22.5 Å². The van der Waals surface area contributed by atoms with E-state index in [-0.39, 0.29) is 12.5 Å². The number of amides is 1. The fourth-order valence-electron chi connectivity index (χ4n) is 4.35. The quantitative estimate of drug-likeness (QED) is 0.391. The normalized spacial score (nSPS) is 22.1. The van der Waals surface area contributed by atoms with E-state index in [0.29, 0.717) is 31.1 Å². The van der Waals surface area contributed by atoms with E-state index in [9.17, 15) is 4.79 Å². The first kappa shape index (κ1) is 23.5. The summed E-state index contributed by atoms with van der Waals surface area (Å²) in [7, 11) is 0. The van der Waals surface area contributed by atoms with Crippen molar-refractivity contribution in [3.05, 3.63) is 76.8 Å². The third-order valence-electron chi connectivity index (χ3n) is 6.03. The van der Waals surface area contributed by atoms with Crippen LogP contribution < -0.4 is 4.74 Å². The highest BCUT2D eigenvalue weighted by Crippen LogP contribution is 2.44. The van der Waals surface area contributed by atoms with Crippen LogP contribution in [0.2, 0.25) is 0 Å². The van der Waals surface area contributed by atoms with Gasteiger partial charge in [-0.25, -0.2) is 4.99 Å². The number of carbonyl (C=O) groups excluding carboxylic acids is 1. The summed E-state index contributed by atoms with van der Waals surface area (Å²) >= 11 is 3.49. The zero-order chi connectivity index (χ0) is 23.3. The molecule has 2 atom stereocenters. The van der Waals surface area contributed by atoms with E-state index in [4.69, 9.17) is 19.6 Å². The van der Waals surface area contributed by atoms with Crippen molar-refractivity contribution in [3.8, 4) is 5.75 Å². The van der Waals surface area contributed by atoms with Gasteiger partial charge in [-0.15, -0.1) is 6.58 Å². The molecule has 1 N–H and O–H groups in total. The molecule has 2 aliphatic rings. The van der Waals surface area contributed by atoms with Gasteiger partial charge in [0.25, 0.3) is 5.91 Å². The maximum atomic E-state index is 13.8. The fraction of sp³-hybridized carbons (Fsp3) is 0.385. The van der Waals surface area contributed by atoms with Crippen LogP contribution in [0.15, 0.2) is 70.7 Å². The Morgan fingerprint density at radius 2 is 1.91 bits per heavy atom. The summed E-state index contributed by atoms with van der Waals surface area (Å²) in [4.78, 5) is 20.7. The molecule has 0 aromatic heterocycles. The van der Waals surface area contributed by atoms with Crippen molar-refractivity contribution in [1.29, 1.82) is 0 Å². The van der Waals surface area contributed by atoms with Gasteiger partial charge in [-0.3, -0.25) is 4.79 Å².